The van der Waals surface area contributed by atoms with E-state index in [4.69, 9.17) is 4.74 Å². The van der Waals surface area contributed by atoms with Crippen molar-refractivity contribution in [3.05, 3.63) is 77.3 Å². The number of amides is 3. The van der Waals surface area contributed by atoms with Crippen molar-refractivity contribution in [1.29, 1.82) is 0 Å². The van der Waals surface area contributed by atoms with Crippen molar-refractivity contribution in [2.75, 3.05) is 6.54 Å². The van der Waals surface area contributed by atoms with Gasteiger partial charge in [-0.2, -0.15) is 0 Å². The SMILES string of the molecule is CC1=C(c2ccc([C@H](C)NC(=O)[C@@H]3C[C@@H](O)CN3C(=O)[C@@H](NC(=O)/C=C/OC3=CCC(I)C=C3)C(C)(C)C)cc2)SC=N[C@H]1C. The first-order chi connectivity index (χ1) is 21.2. The van der Waals surface area contributed by atoms with Crippen LogP contribution in [-0.4, -0.2) is 68.0 Å². The van der Waals surface area contributed by atoms with Gasteiger partial charge < -0.3 is 25.4 Å². The molecule has 3 N–H and O–H groups in total. The Morgan fingerprint density at radius 3 is 2.56 bits per heavy atom. The first kappa shape index (κ1) is 35.0. The van der Waals surface area contributed by atoms with E-state index in [1.54, 1.807) is 11.8 Å². The Hall–Kier alpha value is -2.90. The zero-order valence-electron chi connectivity index (χ0n) is 26.6. The van der Waals surface area contributed by atoms with E-state index >= 15 is 0 Å². The molecule has 3 aliphatic rings. The Kier molecular flexibility index (Phi) is 11.8. The number of hydrogen-bond acceptors (Lipinski definition) is 7. The summed E-state index contributed by atoms with van der Waals surface area (Å²) in [5, 5.41) is 16.3. The normalized spacial score (nSPS) is 24.8. The quantitative estimate of drug-likeness (QED) is 0.134. The predicted molar refractivity (Wildman–Crippen MR) is 189 cm³/mol. The number of aliphatic imine (C=N–C) groups is 1. The monoisotopic (exact) mass is 746 g/mol. The van der Waals surface area contributed by atoms with E-state index < -0.39 is 35.4 Å². The van der Waals surface area contributed by atoms with Crippen LogP contribution in [0.5, 0.6) is 0 Å². The molecule has 2 heterocycles. The lowest BCUT2D eigenvalue weighted by molar-refractivity contribution is -0.143. The average molecular weight is 747 g/mol. The van der Waals surface area contributed by atoms with Gasteiger partial charge in [-0.3, -0.25) is 19.4 Å². The molecule has 0 spiro atoms. The first-order valence-corrected chi connectivity index (χ1v) is 17.3. The highest BCUT2D eigenvalue weighted by atomic mass is 127. The van der Waals surface area contributed by atoms with Crippen LogP contribution in [0, 0.1) is 5.41 Å². The van der Waals surface area contributed by atoms with Crippen molar-refractivity contribution in [3.63, 3.8) is 0 Å². The molecule has 1 aromatic rings. The summed E-state index contributed by atoms with van der Waals surface area (Å²) in [4.78, 5) is 47.2. The Morgan fingerprint density at radius 1 is 1.20 bits per heavy atom. The fourth-order valence-corrected chi connectivity index (χ4v) is 6.77. The smallest absolute Gasteiger partial charge is 0.247 e. The number of rotatable bonds is 9. The van der Waals surface area contributed by atoms with E-state index in [1.807, 2.05) is 75.7 Å². The summed E-state index contributed by atoms with van der Waals surface area (Å²) in [5.74, 6) is -0.609. The number of likely N-dealkylation sites (tertiary alicyclic amines) is 1. The maximum absolute atomic E-state index is 13.9. The largest absolute Gasteiger partial charge is 0.465 e. The number of benzene rings is 1. The Bertz CT molecular complexity index is 1430. The number of aliphatic hydroxyl groups excluding tert-OH is 1. The molecular formula is C34H43IN4O5S. The topological polar surface area (TPSA) is 120 Å². The van der Waals surface area contributed by atoms with Crippen molar-refractivity contribution in [1.82, 2.24) is 15.5 Å². The Labute approximate surface area is 283 Å². The fourth-order valence-electron chi connectivity index (χ4n) is 5.33. The molecule has 6 atom stereocenters. The molecule has 1 aliphatic carbocycles. The number of nitrogens with one attached hydrogen (secondary N) is 2. The highest BCUT2D eigenvalue weighted by Gasteiger charge is 2.44. The minimum atomic E-state index is -0.933. The van der Waals surface area contributed by atoms with Crippen molar-refractivity contribution in [2.24, 2.45) is 10.4 Å². The zero-order chi connectivity index (χ0) is 32.9. The predicted octanol–water partition coefficient (Wildman–Crippen LogP) is 5.43. The van der Waals surface area contributed by atoms with Crippen LogP contribution < -0.4 is 10.6 Å². The third kappa shape index (κ3) is 9.10. The molecule has 0 bridgehead atoms. The maximum atomic E-state index is 13.9. The molecule has 4 rings (SSSR count). The number of halogens is 1. The van der Waals surface area contributed by atoms with Crippen LogP contribution in [0.25, 0.3) is 4.91 Å². The van der Waals surface area contributed by atoms with Gasteiger partial charge in [0.15, 0.2) is 0 Å². The van der Waals surface area contributed by atoms with Gasteiger partial charge in [0.25, 0.3) is 0 Å². The number of alkyl halides is 1. The van der Waals surface area contributed by atoms with Gasteiger partial charge in [0.05, 0.1) is 30.0 Å². The summed E-state index contributed by atoms with van der Waals surface area (Å²) < 4.78 is 5.97. The van der Waals surface area contributed by atoms with Crippen LogP contribution in [0.15, 0.2) is 71.2 Å². The number of aliphatic hydroxyl groups is 1. The molecule has 1 aromatic carbocycles. The van der Waals surface area contributed by atoms with Crippen LogP contribution in [-0.2, 0) is 19.1 Å². The van der Waals surface area contributed by atoms with E-state index in [1.165, 1.54) is 27.7 Å². The lowest BCUT2D eigenvalue weighted by Gasteiger charge is -2.35. The highest BCUT2D eigenvalue weighted by molar-refractivity contribution is 14.1. The lowest BCUT2D eigenvalue weighted by atomic mass is 9.85. The van der Waals surface area contributed by atoms with E-state index in [-0.39, 0.29) is 31.0 Å². The number of carbonyl (C=O) groups is 3. The lowest BCUT2D eigenvalue weighted by Crippen LogP contribution is -2.57. The molecule has 0 aromatic heterocycles. The third-order valence-corrected chi connectivity index (χ3v) is 10.1. The molecule has 3 amide bonds. The van der Waals surface area contributed by atoms with Gasteiger partial charge in [0.2, 0.25) is 17.7 Å². The molecular weight excluding hydrogens is 703 g/mol. The summed E-state index contributed by atoms with van der Waals surface area (Å²) in [7, 11) is 0. The molecule has 2 aliphatic heterocycles. The fraction of sp³-hybridized carbons (Fsp3) is 0.471. The van der Waals surface area contributed by atoms with Crippen LogP contribution in [0.3, 0.4) is 0 Å². The molecule has 0 radical (unpaired) electrons. The summed E-state index contributed by atoms with van der Waals surface area (Å²) in [5.41, 5.74) is 4.46. The van der Waals surface area contributed by atoms with Crippen LogP contribution in [0.4, 0.5) is 0 Å². The minimum Gasteiger partial charge on any atom is -0.465 e. The molecule has 1 saturated heterocycles. The maximum Gasteiger partial charge on any atom is 0.247 e. The Morgan fingerprint density at radius 2 is 1.91 bits per heavy atom. The number of nitrogens with zero attached hydrogens (tertiary/aromatic N) is 2. The molecule has 9 nitrogen and oxygen atoms in total. The molecule has 1 fully saturated rings. The molecule has 1 unspecified atom stereocenters. The van der Waals surface area contributed by atoms with Crippen molar-refractivity contribution >= 4 is 62.5 Å². The standard InChI is InChI=1S/C34H43IN4O5S/c1-20-21(2)36-19-45-30(20)24-9-7-23(8-10-24)22(3)37-32(42)28-17-26(40)18-39(28)33(43)31(34(4,5)6)38-29(41)15-16-44-27-13-11-25(35)12-14-27/h7-11,13-16,19,21-22,25-26,28,31,40H,12,17-18H2,1-6H3,(H,37,42)(H,38,41)/b16-15+/t21-,22-,25?,26+,28-,31+/m0/s1. The number of β-amino-alcohol motifs (C(OH)–C–C–N with tert-alkyl or cyclic N) is 1. The van der Waals surface area contributed by atoms with E-state index in [9.17, 15) is 19.5 Å². The van der Waals surface area contributed by atoms with Gasteiger partial charge in [0, 0.05) is 27.9 Å². The average Bonchev–Trinajstić information content (AvgIpc) is 3.39. The third-order valence-electron chi connectivity index (χ3n) is 8.17. The van der Waals surface area contributed by atoms with Gasteiger partial charge in [0.1, 0.15) is 17.8 Å². The van der Waals surface area contributed by atoms with Crippen LogP contribution >= 0.6 is 34.4 Å². The number of thioether (sulfide) groups is 1. The second-order valence-electron chi connectivity index (χ2n) is 12.8. The van der Waals surface area contributed by atoms with Crippen molar-refractivity contribution in [3.8, 4) is 0 Å². The van der Waals surface area contributed by atoms with E-state index in [0.29, 0.717) is 9.68 Å². The van der Waals surface area contributed by atoms with Crippen molar-refractivity contribution in [2.45, 2.75) is 88.6 Å². The second-order valence-corrected chi connectivity index (χ2v) is 15.2. The summed E-state index contributed by atoms with van der Waals surface area (Å²) >= 11 is 3.94. The molecule has 242 valence electrons. The summed E-state index contributed by atoms with van der Waals surface area (Å²) in [6, 6.07) is 6.10. The van der Waals surface area contributed by atoms with Gasteiger partial charge in [-0.25, -0.2) is 0 Å². The van der Waals surface area contributed by atoms with E-state index in [2.05, 4.69) is 52.1 Å². The first-order valence-electron chi connectivity index (χ1n) is 15.2. The summed E-state index contributed by atoms with van der Waals surface area (Å²) in [6.45, 7) is 11.6. The van der Waals surface area contributed by atoms with Crippen molar-refractivity contribution < 1.29 is 24.2 Å². The molecule has 11 heteroatoms. The molecule has 45 heavy (non-hydrogen) atoms. The van der Waals surface area contributed by atoms with Crippen LogP contribution in [0.2, 0.25) is 0 Å². The van der Waals surface area contributed by atoms with Gasteiger partial charge in [-0.05, 0) is 61.5 Å². The number of allylic oxidation sites excluding steroid dienone is 3. The molecule has 0 saturated carbocycles. The number of hydrogen-bond donors (Lipinski definition) is 3. The van der Waals surface area contributed by atoms with Gasteiger partial charge >= 0.3 is 0 Å². The number of ether oxygens (including phenoxy) is 1. The van der Waals surface area contributed by atoms with Gasteiger partial charge in [-0.1, -0.05) is 85.5 Å². The summed E-state index contributed by atoms with van der Waals surface area (Å²) in [6.07, 6.45) is 8.49. The Balaban J connectivity index is 1.40. The van der Waals surface area contributed by atoms with Crippen LogP contribution in [0.1, 0.15) is 71.6 Å². The van der Waals surface area contributed by atoms with E-state index in [0.717, 1.165) is 17.5 Å². The zero-order valence-corrected chi connectivity index (χ0v) is 29.6. The highest BCUT2D eigenvalue weighted by Crippen LogP contribution is 2.35. The van der Waals surface area contributed by atoms with Gasteiger partial charge in [-0.15, -0.1) is 0 Å². The number of carbonyl (C=O) groups excluding carboxylic acids is 3. The second kappa shape index (κ2) is 15.1. The minimum absolute atomic E-state index is 0.00749.